The maximum Gasteiger partial charge on any atom is 0.325 e. The molecule has 122 valence electrons. The Hall–Kier alpha value is -2.20. The zero-order valence-electron chi connectivity index (χ0n) is 13.3. The van der Waals surface area contributed by atoms with Crippen LogP contribution in [-0.4, -0.2) is 10.1 Å². The molecule has 0 fully saturated rings. The fourth-order valence-electron chi connectivity index (χ4n) is 4.25. The van der Waals surface area contributed by atoms with Gasteiger partial charge < -0.3 is 12.4 Å². The molecule has 1 N–H and O–H groups in total. The molecule has 0 saturated carbocycles. The van der Waals surface area contributed by atoms with Gasteiger partial charge in [-0.3, -0.25) is 9.78 Å². The van der Waals surface area contributed by atoms with E-state index in [0.29, 0.717) is 5.82 Å². The molecule has 0 aliphatic heterocycles. The second kappa shape index (κ2) is 5.71. The van der Waals surface area contributed by atoms with Crippen molar-refractivity contribution in [2.75, 3.05) is 0 Å². The van der Waals surface area contributed by atoms with Crippen molar-refractivity contribution in [2.45, 2.75) is 38.5 Å². The number of H-pyrrole nitrogens is 1. The average molecular weight is 340 g/mol. The number of hydrogen-bond donors (Lipinski definition) is 1. The van der Waals surface area contributed by atoms with Crippen molar-refractivity contribution in [3.05, 3.63) is 63.1 Å². The van der Waals surface area contributed by atoms with E-state index in [2.05, 4.69) is 4.98 Å². The fourth-order valence-corrected chi connectivity index (χ4v) is 4.25. The molecule has 2 aromatic heterocycles. The van der Waals surface area contributed by atoms with Crippen LogP contribution < -0.4 is 22.5 Å². The van der Waals surface area contributed by atoms with Crippen molar-refractivity contribution in [2.24, 2.45) is 0 Å². The Morgan fingerprint density at radius 2 is 1.62 bits per heavy atom. The zero-order chi connectivity index (χ0) is 15.4. The Morgan fingerprint density at radius 3 is 2.46 bits per heavy atom. The maximum atomic E-state index is 12.8. The molecule has 0 spiro atoms. The smallest absolute Gasteiger partial charge is 0.325 e. The zero-order valence-corrected chi connectivity index (χ0v) is 14.1. The first-order chi connectivity index (χ1) is 11.3. The lowest BCUT2D eigenvalue weighted by molar-refractivity contribution is -0.589. The van der Waals surface area contributed by atoms with Gasteiger partial charge in [0.05, 0.1) is 0 Å². The quantitative estimate of drug-likeness (QED) is 0.588. The molecule has 2 heterocycles. The number of fused-ring (bicyclic) bond motifs is 6. The monoisotopic (exact) mass is 339 g/mol. The predicted octanol–water partition coefficient (Wildman–Crippen LogP) is -0.843. The number of aromatic nitrogens is 3. The summed E-state index contributed by atoms with van der Waals surface area (Å²) >= 11 is 0. The maximum absolute atomic E-state index is 12.8. The van der Waals surface area contributed by atoms with Gasteiger partial charge in [-0.15, -0.1) is 0 Å². The highest BCUT2D eigenvalue weighted by Gasteiger charge is 2.34. The average Bonchev–Trinajstić information content (AvgIpc) is 3.24. The van der Waals surface area contributed by atoms with Crippen LogP contribution in [0, 0.1) is 0 Å². The van der Waals surface area contributed by atoms with E-state index in [9.17, 15) is 4.79 Å². The SMILES string of the molecule is O=c1[nH]c(-c2ccccc2)n[n+]2c3c(c4c(c12)CCC4)CCC3.[Cl-]. The topological polar surface area (TPSA) is 49.9 Å². The van der Waals surface area contributed by atoms with Crippen LogP contribution in [0.1, 0.15) is 35.2 Å². The molecule has 1 aromatic carbocycles. The highest BCUT2D eigenvalue weighted by Crippen LogP contribution is 2.32. The fraction of sp³-hybridized carbons (Fsp3) is 0.316. The molecule has 2 aliphatic rings. The molecule has 5 rings (SSSR count). The first-order valence-electron chi connectivity index (χ1n) is 8.40. The molecule has 0 unspecified atom stereocenters. The number of benzene rings is 1. The normalized spacial score (nSPS) is 15.2. The number of nitrogens with zero attached hydrogens (tertiary/aromatic N) is 2. The van der Waals surface area contributed by atoms with E-state index in [4.69, 9.17) is 5.10 Å². The van der Waals surface area contributed by atoms with E-state index in [-0.39, 0.29) is 18.0 Å². The molecule has 24 heavy (non-hydrogen) atoms. The van der Waals surface area contributed by atoms with Gasteiger partial charge in [0.2, 0.25) is 11.5 Å². The number of rotatable bonds is 1. The number of aromatic amines is 1. The molecule has 4 nitrogen and oxygen atoms in total. The molecular weight excluding hydrogens is 322 g/mol. The van der Waals surface area contributed by atoms with Gasteiger partial charge in [0.15, 0.2) is 0 Å². The minimum atomic E-state index is -0.00768. The summed E-state index contributed by atoms with van der Waals surface area (Å²) in [5, 5.41) is 4.82. The van der Waals surface area contributed by atoms with E-state index in [1.54, 1.807) is 0 Å². The molecule has 3 aromatic rings. The van der Waals surface area contributed by atoms with Crippen LogP contribution in [0.25, 0.3) is 16.9 Å². The van der Waals surface area contributed by atoms with Gasteiger partial charge in [-0.25, -0.2) is 0 Å². The largest absolute Gasteiger partial charge is 1.00 e. The van der Waals surface area contributed by atoms with Gasteiger partial charge in [0.25, 0.3) is 0 Å². The highest BCUT2D eigenvalue weighted by molar-refractivity contribution is 5.59. The Balaban J connectivity index is 0.00000146. The number of hydrogen-bond acceptors (Lipinski definition) is 2. The molecule has 0 saturated heterocycles. The van der Waals surface area contributed by atoms with Gasteiger partial charge in [0, 0.05) is 28.2 Å². The van der Waals surface area contributed by atoms with E-state index < -0.39 is 0 Å². The number of halogens is 1. The number of pyridine rings is 1. The van der Waals surface area contributed by atoms with Crippen LogP contribution in [0.5, 0.6) is 0 Å². The summed E-state index contributed by atoms with van der Waals surface area (Å²) in [5.41, 5.74) is 7.11. The van der Waals surface area contributed by atoms with E-state index in [1.165, 1.54) is 28.8 Å². The minimum Gasteiger partial charge on any atom is -1.00 e. The third-order valence-electron chi connectivity index (χ3n) is 5.22. The van der Waals surface area contributed by atoms with Gasteiger partial charge in [-0.05, 0) is 42.2 Å². The lowest BCUT2D eigenvalue weighted by Crippen LogP contribution is -3.00. The second-order valence-corrected chi connectivity index (χ2v) is 6.52. The van der Waals surface area contributed by atoms with Crippen LogP contribution >= 0.6 is 0 Å². The molecule has 0 amide bonds. The first kappa shape index (κ1) is 15.3. The van der Waals surface area contributed by atoms with Crippen molar-refractivity contribution >= 4 is 5.52 Å². The van der Waals surface area contributed by atoms with E-state index >= 15 is 0 Å². The molecule has 0 bridgehead atoms. The summed E-state index contributed by atoms with van der Waals surface area (Å²) in [4.78, 5) is 15.8. The lowest BCUT2D eigenvalue weighted by Gasteiger charge is -2.06. The highest BCUT2D eigenvalue weighted by atomic mass is 35.5. The molecule has 2 aliphatic carbocycles. The van der Waals surface area contributed by atoms with Crippen LogP contribution in [0.15, 0.2) is 35.1 Å². The minimum absolute atomic E-state index is 0. The van der Waals surface area contributed by atoms with Crippen molar-refractivity contribution in [3.63, 3.8) is 0 Å². The van der Waals surface area contributed by atoms with Gasteiger partial charge in [-0.1, -0.05) is 30.3 Å². The summed E-state index contributed by atoms with van der Waals surface area (Å²) in [6.45, 7) is 0. The third-order valence-corrected chi connectivity index (χ3v) is 5.22. The summed E-state index contributed by atoms with van der Waals surface area (Å²) in [6.07, 6.45) is 6.60. The van der Waals surface area contributed by atoms with Crippen molar-refractivity contribution in [1.29, 1.82) is 0 Å². The van der Waals surface area contributed by atoms with Crippen LogP contribution in [-0.2, 0) is 25.7 Å². The van der Waals surface area contributed by atoms with E-state index in [0.717, 1.165) is 43.2 Å². The lowest BCUT2D eigenvalue weighted by atomic mass is 10.0. The second-order valence-electron chi connectivity index (χ2n) is 6.52. The Bertz CT molecular complexity index is 995. The molecule has 0 atom stereocenters. The van der Waals surface area contributed by atoms with Gasteiger partial charge in [-0.2, -0.15) is 0 Å². The Morgan fingerprint density at radius 1 is 0.917 bits per heavy atom. The standard InChI is InChI=1S/C19H17N3O.ClH/c23-19-17-15-10-4-8-13(15)14-9-5-11-16(14)22(17)21-18(20-19)12-6-2-1-3-7-12;/h1-3,6-7H,4-5,8-11H2;1H. The summed E-state index contributed by atoms with van der Waals surface area (Å²) in [7, 11) is 0. The summed E-state index contributed by atoms with van der Waals surface area (Å²) in [6, 6.07) is 9.88. The van der Waals surface area contributed by atoms with Crippen LogP contribution in [0.4, 0.5) is 0 Å². The Labute approximate surface area is 146 Å². The summed E-state index contributed by atoms with van der Waals surface area (Å²) < 4.78 is 1.95. The summed E-state index contributed by atoms with van der Waals surface area (Å²) in [5.74, 6) is 0.653. The number of nitrogens with one attached hydrogen (secondary N) is 1. The van der Waals surface area contributed by atoms with Gasteiger partial charge in [0.1, 0.15) is 0 Å². The van der Waals surface area contributed by atoms with E-state index in [1.807, 2.05) is 34.8 Å². The predicted molar refractivity (Wildman–Crippen MR) is 87.5 cm³/mol. The number of aryl methyl sites for hydroxylation is 2. The van der Waals surface area contributed by atoms with Crippen LogP contribution in [0.2, 0.25) is 0 Å². The van der Waals surface area contributed by atoms with Crippen molar-refractivity contribution < 1.29 is 16.9 Å². The molecule has 5 heteroatoms. The molecule has 0 radical (unpaired) electrons. The molecular formula is C19H18ClN3O. The van der Waals surface area contributed by atoms with Crippen molar-refractivity contribution in [3.8, 4) is 11.4 Å². The Kier molecular flexibility index (Phi) is 3.65. The third kappa shape index (κ3) is 2.09. The van der Waals surface area contributed by atoms with Crippen LogP contribution in [0.3, 0.4) is 0 Å². The van der Waals surface area contributed by atoms with Gasteiger partial charge >= 0.3 is 11.1 Å². The first-order valence-corrected chi connectivity index (χ1v) is 8.40. The van der Waals surface area contributed by atoms with Crippen molar-refractivity contribution in [1.82, 2.24) is 10.1 Å².